The summed E-state index contributed by atoms with van der Waals surface area (Å²) < 4.78 is 20.4. The largest absolute Gasteiger partial charge is 0.438 e. The molecule has 1 saturated carbocycles. The van der Waals surface area contributed by atoms with Crippen molar-refractivity contribution >= 4 is 17.7 Å². The molecule has 2 aliphatic rings. The van der Waals surface area contributed by atoms with Gasteiger partial charge in [0.15, 0.2) is 5.60 Å². The molecule has 0 bridgehead atoms. The number of amides is 2. The third-order valence-corrected chi connectivity index (χ3v) is 5.74. The Hall–Kier alpha value is -3.43. The lowest BCUT2D eigenvalue weighted by Gasteiger charge is -2.14. The fourth-order valence-corrected chi connectivity index (χ4v) is 3.92. The summed E-state index contributed by atoms with van der Waals surface area (Å²) in [6.07, 6.45) is 1.68. The number of hydrogen-bond donors (Lipinski definition) is 4. The van der Waals surface area contributed by atoms with Crippen molar-refractivity contribution in [1.82, 2.24) is 5.32 Å². The van der Waals surface area contributed by atoms with Gasteiger partial charge >= 0.3 is 6.09 Å². The highest BCUT2D eigenvalue weighted by Gasteiger charge is 2.64. The normalized spacial score (nSPS) is 22.2. The number of ether oxygens (including phenoxy) is 1. The maximum absolute atomic E-state index is 14.9. The van der Waals surface area contributed by atoms with Gasteiger partial charge < -0.3 is 26.2 Å². The number of nitrogens with one attached hydrogen (secondary N) is 1. The first-order chi connectivity index (χ1) is 15.3. The van der Waals surface area contributed by atoms with Crippen molar-refractivity contribution in [2.24, 2.45) is 5.73 Å². The van der Waals surface area contributed by atoms with E-state index in [9.17, 15) is 14.0 Å². The third-order valence-electron chi connectivity index (χ3n) is 5.74. The number of halogens is 1. The number of rotatable bonds is 7. The minimum atomic E-state index is -0.720. The Morgan fingerprint density at radius 2 is 2.12 bits per heavy atom. The summed E-state index contributed by atoms with van der Waals surface area (Å²) in [6.45, 7) is 2.15. The van der Waals surface area contributed by atoms with Crippen LogP contribution in [-0.2, 0) is 16.1 Å². The second-order valence-corrected chi connectivity index (χ2v) is 8.18. The Balaban J connectivity index is 1.44. The molecule has 1 saturated heterocycles. The van der Waals surface area contributed by atoms with Gasteiger partial charge in [0.25, 0.3) is 0 Å². The van der Waals surface area contributed by atoms with E-state index in [0.717, 1.165) is 11.1 Å². The number of quaternary nitrogens is 1. The topological polar surface area (TPSA) is 122 Å². The summed E-state index contributed by atoms with van der Waals surface area (Å²) in [5, 5.41) is 13.5. The van der Waals surface area contributed by atoms with Gasteiger partial charge in [-0.3, -0.25) is 9.69 Å². The summed E-state index contributed by atoms with van der Waals surface area (Å²) in [7, 11) is 0. The molecule has 2 atom stereocenters. The molecule has 4 rings (SSSR count). The molecule has 8 nitrogen and oxygen atoms in total. The SMILES string of the molecule is CC(=O)N[C@@H]1C[C@@]12CN(c1ccc(-c3ccc(C[NH2+]/C=C(\N)CO)cc3)c(F)c1)C(=O)O2. The molecule has 2 aromatic carbocycles. The van der Waals surface area contributed by atoms with Crippen molar-refractivity contribution in [3.05, 3.63) is 65.7 Å². The Labute approximate surface area is 184 Å². The van der Waals surface area contributed by atoms with Crippen molar-refractivity contribution in [1.29, 1.82) is 0 Å². The maximum Gasteiger partial charge on any atom is 0.415 e. The predicted molar refractivity (Wildman–Crippen MR) is 116 cm³/mol. The average Bonchev–Trinajstić information content (AvgIpc) is 3.29. The van der Waals surface area contributed by atoms with E-state index < -0.39 is 17.5 Å². The molecule has 32 heavy (non-hydrogen) atoms. The molecule has 2 fully saturated rings. The van der Waals surface area contributed by atoms with Gasteiger partial charge in [-0.15, -0.1) is 0 Å². The van der Waals surface area contributed by atoms with E-state index in [-0.39, 0.29) is 25.1 Å². The monoisotopic (exact) mass is 441 g/mol. The van der Waals surface area contributed by atoms with Crippen molar-refractivity contribution in [3.63, 3.8) is 0 Å². The highest BCUT2D eigenvalue weighted by atomic mass is 19.1. The predicted octanol–water partition coefficient (Wildman–Crippen LogP) is 0.952. The maximum atomic E-state index is 14.9. The number of nitrogens with two attached hydrogens (primary N) is 2. The van der Waals surface area contributed by atoms with Gasteiger partial charge in [-0.25, -0.2) is 9.18 Å². The van der Waals surface area contributed by atoms with Crippen molar-refractivity contribution in [2.75, 3.05) is 18.1 Å². The molecule has 0 radical (unpaired) electrons. The zero-order valence-corrected chi connectivity index (χ0v) is 17.7. The highest BCUT2D eigenvalue weighted by molar-refractivity contribution is 5.91. The Bertz CT molecular complexity index is 1070. The standard InChI is InChI=1S/C23H25FN4O4/c1-14(30)27-21-9-23(21)13-28(22(31)32-23)18-6-7-19(20(24)8-18)16-4-2-15(3-5-16)10-26-11-17(25)12-29/h2-8,11,21,26,29H,9-10,12-13,25H2,1H3,(H,27,30)/p+1/b17-11-/t21-,23-/m1/s1. The third kappa shape index (κ3) is 4.44. The van der Waals surface area contributed by atoms with Crippen LogP contribution in [0.4, 0.5) is 14.9 Å². The van der Waals surface area contributed by atoms with Crippen LogP contribution in [0.2, 0.25) is 0 Å². The fraction of sp³-hybridized carbons (Fsp3) is 0.304. The number of carbonyl (C=O) groups is 2. The fourth-order valence-electron chi connectivity index (χ4n) is 3.92. The van der Waals surface area contributed by atoms with Gasteiger partial charge in [0.05, 0.1) is 30.6 Å². The first-order valence-electron chi connectivity index (χ1n) is 10.4. The average molecular weight is 441 g/mol. The van der Waals surface area contributed by atoms with Crippen LogP contribution in [-0.4, -0.2) is 41.9 Å². The lowest BCUT2D eigenvalue weighted by molar-refractivity contribution is -0.605. The molecule has 0 aromatic heterocycles. The number of nitrogens with zero attached hydrogens (tertiary/aromatic N) is 1. The molecule has 2 amide bonds. The first-order valence-corrected chi connectivity index (χ1v) is 10.4. The van der Waals surface area contributed by atoms with Crippen LogP contribution < -0.4 is 21.3 Å². The Kier molecular flexibility index (Phi) is 5.86. The molecule has 6 N–H and O–H groups in total. The minimum absolute atomic E-state index is 0.175. The smallest absolute Gasteiger partial charge is 0.415 e. The van der Waals surface area contributed by atoms with Gasteiger partial charge in [-0.05, 0) is 23.8 Å². The van der Waals surface area contributed by atoms with Crippen LogP contribution in [0.25, 0.3) is 11.1 Å². The molecular weight excluding hydrogens is 415 g/mol. The molecule has 1 spiro atoms. The van der Waals surface area contributed by atoms with E-state index in [0.29, 0.717) is 29.9 Å². The zero-order chi connectivity index (χ0) is 22.9. The van der Waals surface area contributed by atoms with Gasteiger partial charge in [-0.2, -0.15) is 0 Å². The minimum Gasteiger partial charge on any atom is -0.438 e. The number of anilines is 1. The van der Waals surface area contributed by atoms with Crippen LogP contribution in [0.3, 0.4) is 0 Å². The lowest BCUT2D eigenvalue weighted by Crippen LogP contribution is -2.76. The van der Waals surface area contributed by atoms with Crippen LogP contribution in [0.1, 0.15) is 18.9 Å². The van der Waals surface area contributed by atoms with Crippen molar-refractivity contribution in [3.8, 4) is 11.1 Å². The second kappa shape index (κ2) is 8.60. The summed E-state index contributed by atoms with van der Waals surface area (Å²) in [6, 6.07) is 11.9. The van der Waals surface area contributed by atoms with Crippen LogP contribution in [0.5, 0.6) is 0 Å². The summed E-state index contributed by atoms with van der Waals surface area (Å²) in [5.74, 6) is -0.616. The van der Waals surface area contributed by atoms with Crippen LogP contribution in [0, 0.1) is 5.82 Å². The zero-order valence-electron chi connectivity index (χ0n) is 17.7. The second-order valence-electron chi connectivity index (χ2n) is 8.18. The van der Waals surface area contributed by atoms with Gasteiger partial charge in [-0.1, -0.05) is 24.3 Å². The van der Waals surface area contributed by atoms with Crippen LogP contribution >= 0.6 is 0 Å². The van der Waals surface area contributed by atoms with Crippen molar-refractivity contribution < 1.29 is 29.1 Å². The van der Waals surface area contributed by atoms with Crippen LogP contribution in [0.15, 0.2) is 54.4 Å². The summed E-state index contributed by atoms with van der Waals surface area (Å²) >= 11 is 0. The first kappa shape index (κ1) is 21.8. The molecule has 1 heterocycles. The molecule has 168 valence electrons. The van der Waals surface area contributed by atoms with Gasteiger partial charge in [0.1, 0.15) is 18.6 Å². The number of carbonyl (C=O) groups excluding carboxylic acids is 2. The lowest BCUT2D eigenvalue weighted by atomic mass is 10.0. The Morgan fingerprint density at radius 3 is 2.78 bits per heavy atom. The number of hydrogen-bond acceptors (Lipinski definition) is 5. The summed E-state index contributed by atoms with van der Waals surface area (Å²) in [4.78, 5) is 25.0. The van der Waals surface area contributed by atoms with Gasteiger partial charge in [0, 0.05) is 24.5 Å². The van der Waals surface area contributed by atoms with Crippen molar-refractivity contribution in [2.45, 2.75) is 31.5 Å². The quantitative estimate of drug-likeness (QED) is 0.510. The number of aliphatic hydroxyl groups excluding tert-OH is 1. The highest BCUT2D eigenvalue weighted by Crippen LogP contribution is 2.46. The van der Waals surface area contributed by atoms with E-state index >= 15 is 0 Å². The molecule has 1 aliphatic heterocycles. The van der Waals surface area contributed by atoms with E-state index in [1.54, 1.807) is 18.3 Å². The Morgan fingerprint density at radius 1 is 1.38 bits per heavy atom. The molecule has 0 unspecified atom stereocenters. The van der Waals surface area contributed by atoms with E-state index in [2.05, 4.69) is 5.32 Å². The number of aliphatic hydroxyl groups is 1. The molecular formula is C23H26FN4O4+. The van der Waals surface area contributed by atoms with E-state index in [4.69, 9.17) is 15.6 Å². The number of benzene rings is 2. The van der Waals surface area contributed by atoms with E-state index in [1.807, 2.05) is 29.6 Å². The van der Waals surface area contributed by atoms with Gasteiger partial charge in [0.2, 0.25) is 5.91 Å². The molecule has 2 aromatic rings. The summed E-state index contributed by atoms with van der Waals surface area (Å²) in [5.41, 5.74) is 7.82. The molecule has 9 heteroatoms. The molecule has 1 aliphatic carbocycles. The van der Waals surface area contributed by atoms with E-state index in [1.165, 1.54) is 17.9 Å².